The Balaban J connectivity index is 2.09. The van der Waals surface area contributed by atoms with Crippen LogP contribution in [0.5, 0.6) is 5.75 Å². The topological polar surface area (TPSA) is 83.6 Å². The van der Waals surface area contributed by atoms with Gasteiger partial charge in [-0.2, -0.15) is 0 Å². The summed E-state index contributed by atoms with van der Waals surface area (Å²) in [5.74, 6) is 0.0658. The predicted octanol–water partition coefficient (Wildman–Crippen LogP) is 1.94. The van der Waals surface area contributed by atoms with E-state index in [-0.39, 0.29) is 18.0 Å². The second kappa shape index (κ2) is 6.15. The summed E-state index contributed by atoms with van der Waals surface area (Å²) < 4.78 is 25.9. The summed E-state index contributed by atoms with van der Waals surface area (Å²) >= 11 is 0. The number of anilines is 1. The van der Waals surface area contributed by atoms with Crippen molar-refractivity contribution in [3.05, 3.63) is 59.7 Å². The third-order valence-electron chi connectivity index (χ3n) is 3.12. The van der Waals surface area contributed by atoms with Crippen molar-refractivity contribution in [3.63, 3.8) is 0 Å². The molecule has 0 unspecified atom stereocenters. The fourth-order valence-electron chi connectivity index (χ4n) is 1.96. The zero-order chi connectivity index (χ0) is 15.5. The van der Waals surface area contributed by atoms with E-state index in [1.54, 1.807) is 36.4 Å². The quantitative estimate of drug-likeness (QED) is 0.827. The smallest absolute Gasteiger partial charge is 0.218 e. The molecule has 5 nitrogen and oxygen atoms in total. The third kappa shape index (κ3) is 4.21. The number of rotatable bonds is 5. The van der Waals surface area contributed by atoms with Gasteiger partial charge in [0.2, 0.25) is 10.0 Å². The summed E-state index contributed by atoms with van der Waals surface area (Å²) in [6, 6.07) is 13.3. The molecule has 0 saturated heterocycles. The van der Waals surface area contributed by atoms with Crippen LogP contribution in [0, 0.1) is 0 Å². The van der Waals surface area contributed by atoms with Crippen LogP contribution < -0.4 is 5.73 Å². The molecular weight excluding hydrogens is 288 g/mol. The van der Waals surface area contributed by atoms with Gasteiger partial charge in [0.25, 0.3) is 0 Å². The molecule has 0 amide bonds. The van der Waals surface area contributed by atoms with Gasteiger partial charge in [-0.1, -0.05) is 24.3 Å². The molecule has 2 aromatic rings. The van der Waals surface area contributed by atoms with Gasteiger partial charge in [0, 0.05) is 19.3 Å². The highest BCUT2D eigenvalue weighted by atomic mass is 32.2. The molecule has 0 atom stereocenters. The molecule has 0 heterocycles. The molecule has 0 bridgehead atoms. The molecule has 0 aromatic heterocycles. The Morgan fingerprint density at radius 1 is 1.10 bits per heavy atom. The van der Waals surface area contributed by atoms with Gasteiger partial charge >= 0.3 is 0 Å². The summed E-state index contributed by atoms with van der Waals surface area (Å²) in [6.45, 7) is 0.255. The maximum Gasteiger partial charge on any atom is 0.218 e. The number of phenols is 1. The van der Waals surface area contributed by atoms with Gasteiger partial charge in [0.15, 0.2) is 0 Å². The van der Waals surface area contributed by atoms with E-state index in [0.717, 1.165) is 5.56 Å². The van der Waals surface area contributed by atoms with Crippen LogP contribution in [0.15, 0.2) is 48.5 Å². The second-order valence-corrected chi connectivity index (χ2v) is 7.00. The number of phenolic OH excluding ortho intramolecular Hbond substituents is 1. The Morgan fingerprint density at radius 2 is 1.76 bits per heavy atom. The van der Waals surface area contributed by atoms with E-state index in [4.69, 9.17) is 5.73 Å². The fraction of sp³-hybridized carbons (Fsp3) is 0.200. The highest BCUT2D eigenvalue weighted by Gasteiger charge is 2.18. The largest absolute Gasteiger partial charge is 0.508 e. The summed E-state index contributed by atoms with van der Waals surface area (Å²) in [5.41, 5.74) is 7.68. The minimum atomic E-state index is -3.42. The Hall–Kier alpha value is -2.05. The monoisotopic (exact) mass is 306 g/mol. The lowest BCUT2D eigenvalue weighted by Gasteiger charge is -2.17. The molecule has 0 aliphatic heterocycles. The van der Waals surface area contributed by atoms with Gasteiger partial charge in [-0.15, -0.1) is 0 Å². The van der Waals surface area contributed by atoms with Crippen molar-refractivity contribution in [2.45, 2.75) is 12.3 Å². The van der Waals surface area contributed by atoms with Crippen LogP contribution in [0.2, 0.25) is 0 Å². The molecule has 0 fully saturated rings. The van der Waals surface area contributed by atoms with E-state index in [2.05, 4.69) is 0 Å². The number of hydrogen-bond donors (Lipinski definition) is 2. The van der Waals surface area contributed by atoms with Gasteiger partial charge in [0.05, 0.1) is 5.75 Å². The highest BCUT2D eigenvalue weighted by molar-refractivity contribution is 7.88. The maximum atomic E-state index is 12.3. The standard InChI is InChI=1S/C15H18N2O3S/c1-17(10-12-5-7-15(18)8-6-12)21(19,20)11-13-3-2-4-14(16)9-13/h2-9,18H,10-11,16H2,1H3. The van der Waals surface area contributed by atoms with Crippen LogP contribution in [0.1, 0.15) is 11.1 Å². The molecule has 21 heavy (non-hydrogen) atoms. The van der Waals surface area contributed by atoms with E-state index in [1.165, 1.54) is 23.5 Å². The van der Waals surface area contributed by atoms with Crippen molar-refractivity contribution in [2.75, 3.05) is 12.8 Å². The molecule has 2 aromatic carbocycles. The van der Waals surface area contributed by atoms with Gasteiger partial charge in [0.1, 0.15) is 5.75 Å². The average Bonchev–Trinajstić information content (AvgIpc) is 2.41. The second-order valence-electron chi connectivity index (χ2n) is 4.92. The lowest BCUT2D eigenvalue weighted by atomic mass is 10.2. The van der Waals surface area contributed by atoms with Crippen LogP contribution in [0.4, 0.5) is 5.69 Å². The molecule has 0 aliphatic carbocycles. The molecule has 0 radical (unpaired) electrons. The van der Waals surface area contributed by atoms with Gasteiger partial charge < -0.3 is 10.8 Å². The average molecular weight is 306 g/mol. The minimum absolute atomic E-state index is 0.0907. The number of nitrogen functional groups attached to an aromatic ring is 1. The molecule has 0 spiro atoms. The zero-order valence-electron chi connectivity index (χ0n) is 11.7. The maximum absolute atomic E-state index is 12.3. The Labute approximate surface area is 124 Å². The van der Waals surface area contributed by atoms with Crippen LogP contribution in [-0.4, -0.2) is 24.9 Å². The number of benzene rings is 2. The number of aromatic hydroxyl groups is 1. The van der Waals surface area contributed by atoms with Crippen LogP contribution >= 0.6 is 0 Å². The Morgan fingerprint density at radius 3 is 2.38 bits per heavy atom. The minimum Gasteiger partial charge on any atom is -0.508 e. The van der Waals surface area contributed by atoms with Crippen molar-refractivity contribution < 1.29 is 13.5 Å². The summed E-state index contributed by atoms with van der Waals surface area (Å²) in [6.07, 6.45) is 0. The first-order valence-corrected chi connectivity index (χ1v) is 8.04. The molecule has 3 N–H and O–H groups in total. The van der Waals surface area contributed by atoms with Crippen LogP contribution in [-0.2, 0) is 22.3 Å². The Kier molecular flexibility index (Phi) is 4.50. The number of nitrogens with two attached hydrogens (primary N) is 1. The van der Waals surface area contributed by atoms with Crippen molar-refractivity contribution in [3.8, 4) is 5.75 Å². The lowest BCUT2D eigenvalue weighted by Crippen LogP contribution is -2.27. The summed E-state index contributed by atoms with van der Waals surface area (Å²) in [4.78, 5) is 0. The molecule has 112 valence electrons. The SMILES string of the molecule is CN(Cc1ccc(O)cc1)S(=O)(=O)Cc1cccc(N)c1. The van der Waals surface area contributed by atoms with E-state index in [9.17, 15) is 13.5 Å². The van der Waals surface area contributed by atoms with Crippen molar-refractivity contribution in [2.24, 2.45) is 0 Å². The van der Waals surface area contributed by atoms with Crippen LogP contribution in [0.3, 0.4) is 0 Å². The summed E-state index contributed by atoms with van der Waals surface area (Å²) in [7, 11) is -1.89. The van der Waals surface area contributed by atoms with E-state index in [1.807, 2.05) is 0 Å². The van der Waals surface area contributed by atoms with Crippen molar-refractivity contribution >= 4 is 15.7 Å². The molecule has 6 heteroatoms. The predicted molar refractivity (Wildman–Crippen MR) is 83.1 cm³/mol. The number of sulfonamides is 1. The highest BCUT2D eigenvalue weighted by Crippen LogP contribution is 2.16. The summed E-state index contributed by atoms with van der Waals surface area (Å²) in [5, 5.41) is 9.23. The molecular formula is C15H18N2O3S. The molecule has 0 aliphatic rings. The lowest BCUT2D eigenvalue weighted by molar-refractivity contribution is 0.463. The van der Waals surface area contributed by atoms with Gasteiger partial charge in [-0.05, 0) is 35.4 Å². The van der Waals surface area contributed by atoms with Crippen molar-refractivity contribution in [1.29, 1.82) is 0 Å². The number of hydrogen-bond acceptors (Lipinski definition) is 4. The fourth-order valence-corrected chi connectivity index (χ4v) is 3.13. The zero-order valence-corrected chi connectivity index (χ0v) is 12.5. The Bertz CT molecular complexity index is 712. The first-order chi connectivity index (χ1) is 9.87. The van der Waals surface area contributed by atoms with Gasteiger partial charge in [-0.3, -0.25) is 0 Å². The third-order valence-corrected chi connectivity index (χ3v) is 4.89. The van der Waals surface area contributed by atoms with E-state index >= 15 is 0 Å². The first kappa shape index (κ1) is 15.3. The number of nitrogens with zero attached hydrogens (tertiary/aromatic N) is 1. The normalized spacial score (nSPS) is 11.7. The van der Waals surface area contributed by atoms with Gasteiger partial charge in [-0.25, -0.2) is 12.7 Å². The van der Waals surface area contributed by atoms with Crippen molar-refractivity contribution in [1.82, 2.24) is 4.31 Å². The molecule has 2 rings (SSSR count). The first-order valence-electron chi connectivity index (χ1n) is 6.43. The van der Waals surface area contributed by atoms with E-state index < -0.39 is 10.0 Å². The van der Waals surface area contributed by atoms with Crippen LogP contribution in [0.25, 0.3) is 0 Å². The molecule has 0 saturated carbocycles. The van der Waals surface area contributed by atoms with E-state index in [0.29, 0.717) is 11.3 Å².